The molecule has 0 saturated heterocycles. The fourth-order valence-electron chi connectivity index (χ4n) is 2.46. The number of aromatic nitrogens is 4. The molecule has 6 heteroatoms. The molecular weight excluding hydrogens is 340 g/mol. The molecule has 104 valence electrons. The van der Waals surface area contributed by atoms with E-state index in [9.17, 15) is 0 Å². The first-order valence-electron chi connectivity index (χ1n) is 6.34. The number of benzene rings is 1. The number of alkyl halides is 1. The Bertz CT molecular complexity index is 775. The van der Waals surface area contributed by atoms with E-state index >= 15 is 0 Å². The maximum Gasteiger partial charge on any atom is 0.163 e. The molecule has 0 bridgehead atoms. The normalized spacial score (nSPS) is 11.4. The Morgan fingerprint density at radius 1 is 1.35 bits per heavy atom. The summed E-state index contributed by atoms with van der Waals surface area (Å²) in [6, 6.07) is 8.15. The average Bonchev–Trinajstić information content (AvgIpc) is 2.89. The molecule has 0 aliphatic heterocycles. The van der Waals surface area contributed by atoms with E-state index in [2.05, 4.69) is 37.7 Å². The van der Waals surface area contributed by atoms with Crippen molar-refractivity contribution in [1.29, 1.82) is 0 Å². The van der Waals surface area contributed by atoms with Crippen LogP contribution < -0.4 is 0 Å². The van der Waals surface area contributed by atoms with Gasteiger partial charge in [0.2, 0.25) is 0 Å². The quantitative estimate of drug-likeness (QED) is 0.674. The number of nitrogens with zero attached hydrogens (tertiary/aromatic N) is 4. The van der Waals surface area contributed by atoms with Gasteiger partial charge in [0, 0.05) is 29.5 Å². The van der Waals surface area contributed by atoms with Gasteiger partial charge in [-0.2, -0.15) is 5.10 Å². The van der Waals surface area contributed by atoms with E-state index in [1.54, 1.807) is 0 Å². The van der Waals surface area contributed by atoms with Crippen LogP contribution in [0.3, 0.4) is 0 Å². The topological polar surface area (TPSA) is 35.6 Å². The molecule has 0 atom stereocenters. The highest BCUT2D eigenvalue weighted by Gasteiger charge is 2.18. The number of halogens is 2. The molecule has 0 radical (unpaired) electrons. The zero-order valence-corrected chi connectivity index (χ0v) is 13.6. The predicted molar refractivity (Wildman–Crippen MR) is 84.7 cm³/mol. The van der Waals surface area contributed by atoms with Gasteiger partial charge in [0.05, 0.1) is 5.69 Å². The molecule has 2 heterocycles. The second-order valence-electron chi connectivity index (χ2n) is 4.66. The molecule has 20 heavy (non-hydrogen) atoms. The summed E-state index contributed by atoms with van der Waals surface area (Å²) < 4.78 is 5.03. The van der Waals surface area contributed by atoms with Gasteiger partial charge in [-0.15, -0.1) is 11.6 Å². The van der Waals surface area contributed by atoms with Crippen molar-refractivity contribution in [2.75, 3.05) is 5.88 Å². The molecule has 0 aliphatic carbocycles. The van der Waals surface area contributed by atoms with Crippen molar-refractivity contribution in [2.45, 2.75) is 13.3 Å². The molecule has 1 aromatic carbocycles. The molecular formula is C14H14BrClN4. The lowest BCUT2D eigenvalue weighted by atomic mass is 10.3. The van der Waals surface area contributed by atoms with Gasteiger partial charge in [-0.25, -0.2) is 9.67 Å². The summed E-state index contributed by atoms with van der Waals surface area (Å²) in [5.74, 6) is 1.51. The minimum absolute atomic E-state index is 0.545. The number of aryl methyl sites for hydroxylation is 3. The summed E-state index contributed by atoms with van der Waals surface area (Å²) in [5, 5.41) is 4.45. The summed E-state index contributed by atoms with van der Waals surface area (Å²) in [4.78, 5) is 4.71. The van der Waals surface area contributed by atoms with Crippen LogP contribution in [0, 0.1) is 6.92 Å². The first-order valence-corrected chi connectivity index (χ1v) is 7.67. The monoisotopic (exact) mass is 352 g/mol. The third kappa shape index (κ3) is 2.15. The van der Waals surface area contributed by atoms with Crippen LogP contribution in [0.2, 0.25) is 0 Å². The fourth-order valence-corrected chi connectivity index (χ4v) is 3.01. The van der Waals surface area contributed by atoms with Crippen molar-refractivity contribution < 1.29 is 0 Å². The maximum atomic E-state index is 5.92. The molecule has 0 spiro atoms. The van der Waals surface area contributed by atoms with Gasteiger partial charge < -0.3 is 0 Å². The van der Waals surface area contributed by atoms with Crippen LogP contribution in [0.4, 0.5) is 0 Å². The van der Waals surface area contributed by atoms with Crippen molar-refractivity contribution in [1.82, 2.24) is 19.3 Å². The molecule has 0 N–H and O–H groups in total. The Morgan fingerprint density at radius 2 is 2.15 bits per heavy atom. The van der Waals surface area contributed by atoms with E-state index in [-0.39, 0.29) is 0 Å². The Labute approximate surface area is 130 Å². The Kier molecular flexibility index (Phi) is 3.56. The van der Waals surface area contributed by atoms with Gasteiger partial charge in [-0.05, 0) is 25.1 Å². The van der Waals surface area contributed by atoms with Crippen LogP contribution >= 0.6 is 27.5 Å². The minimum Gasteiger partial charge on any atom is -0.281 e. The standard InChI is InChI=1S/C14H14BrClN4/c1-9-13-14(19(2)18-9)20(12(17-13)6-7-16)11-5-3-4-10(15)8-11/h3-5,8H,6-7H2,1-2H3. The Morgan fingerprint density at radius 3 is 2.85 bits per heavy atom. The van der Waals surface area contributed by atoms with E-state index < -0.39 is 0 Å². The average molecular weight is 354 g/mol. The number of imidazole rings is 1. The smallest absolute Gasteiger partial charge is 0.163 e. The zero-order valence-electron chi connectivity index (χ0n) is 11.3. The molecule has 2 aromatic heterocycles. The molecule has 0 unspecified atom stereocenters. The van der Waals surface area contributed by atoms with Gasteiger partial charge >= 0.3 is 0 Å². The highest BCUT2D eigenvalue weighted by molar-refractivity contribution is 9.10. The minimum atomic E-state index is 0.545. The van der Waals surface area contributed by atoms with Crippen molar-refractivity contribution in [3.05, 3.63) is 40.3 Å². The third-order valence-electron chi connectivity index (χ3n) is 3.26. The third-order valence-corrected chi connectivity index (χ3v) is 3.94. The van der Waals surface area contributed by atoms with Crippen LogP contribution in [-0.4, -0.2) is 25.2 Å². The highest BCUT2D eigenvalue weighted by atomic mass is 79.9. The number of rotatable bonds is 3. The summed E-state index contributed by atoms with van der Waals surface area (Å²) in [5.41, 5.74) is 3.94. The highest BCUT2D eigenvalue weighted by Crippen LogP contribution is 2.25. The summed E-state index contributed by atoms with van der Waals surface area (Å²) in [7, 11) is 1.94. The summed E-state index contributed by atoms with van der Waals surface area (Å²) in [6.45, 7) is 1.98. The first kappa shape index (κ1) is 13.6. The summed E-state index contributed by atoms with van der Waals surface area (Å²) in [6.07, 6.45) is 0.724. The van der Waals surface area contributed by atoms with Gasteiger partial charge in [0.1, 0.15) is 11.3 Å². The largest absolute Gasteiger partial charge is 0.281 e. The van der Waals surface area contributed by atoms with Gasteiger partial charge in [0.25, 0.3) is 0 Å². The fraction of sp³-hybridized carbons (Fsp3) is 0.286. The van der Waals surface area contributed by atoms with E-state index in [1.165, 1.54) is 0 Å². The molecule has 0 aliphatic rings. The SMILES string of the molecule is Cc1nn(C)c2c1nc(CCCl)n2-c1cccc(Br)c1. The maximum absolute atomic E-state index is 5.92. The number of hydrogen-bond donors (Lipinski definition) is 0. The van der Waals surface area contributed by atoms with Crippen molar-refractivity contribution in [3.63, 3.8) is 0 Å². The molecule has 3 aromatic rings. The second-order valence-corrected chi connectivity index (χ2v) is 5.96. The lowest BCUT2D eigenvalue weighted by Gasteiger charge is -2.09. The molecule has 0 saturated carbocycles. The Balaban J connectivity index is 2.33. The molecule has 0 amide bonds. The van der Waals surface area contributed by atoms with Crippen LogP contribution in [-0.2, 0) is 13.5 Å². The van der Waals surface area contributed by atoms with Gasteiger partial charge in [-0.1, -0.05) is 22.0 Å². The van der Waals surface area contributed by atoms with E-state index in [4.69, 9.17) is 16.6 Å². The van der Waals surface area contributed by atoms with Gasteiger partial charge in [-0.3, -0.25) is 4.57 Å². The summed E-state index contributed by atoms with van der Waals surface area (Å²) >= 11 is 9.43. The van der Waals surface area contributed by atoms with Crippen LogP contribution in [0.25, 0.3) is 16.9 Å². The molecule has 0 fully saturated rings. The lowest BCUT2D eigenvalue weighted by Crippen LogP contribution is -2.06. The first-order chi connectivity index (χ1) is 9.61. The van der Waals surface area contributed by atoms with Crippen molar-refractivity contribution in [2.24, 2.45) is 7.05 Å². The molecule has 4 nitrogen and oxygen atoms in total. The molecule has 3 rings (SSSR count). The predicted octanol–water partition coefficient (Wildman–Crippen LogP) is 3.61. The van der Waals surface area contributed by atoms with E-state index in [0.29, 0.717) is 5.88 Å². The van der Waals surface area contributed by atoms with Gasteiger partial charge in [0.15, 0.2) is 5.65 Å². The number of hydrogen-bond acceptors (Lipinski definition) is 2. The van der Waals surface area contributed by atoms with Crippen LogP contribution in [0.5, 0.6) is 0 Å². The second kappa shape index (κ2) is 5.22. The van der Waals surface area contributed by atoms with E-state index in [1.807, 2.05) is 30.8 Å². The van der Waals surface area contributed by atoms with E-state index in [0.717, 1.165) is 39.3 Å². The van der Waals surface area contributed by atoms with Crippen LogP contribution in [0.15, 0.2) is 28.7 Å². The zero-order chi connectivity index (χ0) is 14.3. The van der Waals surface area contributed by atoms with Crippen LogP contribution in [0.1, 0.15) is 11.5 Å². The van der Waals surface area contributed by atoms with Crippen molar-refractivity contribution >= 4 is 38.7 Å². The lowest BCUT2D eigenvalue weighted by molar-refractivity contribution is 0.751. The Hall–Kier alpha value is -1.33. The van der Waals surface area contributed by atoms with Crippen molar-refractivity contribution in [3.8, 4) is 5.69 Å². The number of fused-ring (bicyclic) bond motifs is 1.